The van der Waals surface area contributed by atoms with Crippen molar-refractivity contribution in [2.45, 2.75) is 20.3 Å². The summed E-state index contributed by atoms with van der Waals surface area (Å²) >= 11 is 0. The first-order valence-corrected chi connectivity index (χ1v) is 5.34. The van der Waals surface area contributed by atoms with Crippen LogP contribution in [-0.4, -0.2) is 17.4 Å². The number of nitrogen functional groups attached to an aromatic ring is 1. The molecule has 5 heteroatoms. The average molecular weight is 222 g/mol. The van der Waals surface area contributed by atoms with Crippen LogP contribution < -0.4 is 16.6 Å². The predicted octanol–water partition coefficient (Wildman–Crippen LogP) is 1.14. The number of rotatable bonds is 5. The molecule has 0 bridgehead atoms. The number of amides is 1. The van der Waals surface area contributed by atoms with Crippen molar-refractivity contribution in [2.75, 3.05) is 12.0 Å². The number of carbonyl (C=O) groups excluding carboxylic acids is 1. The van der Waals surface area contributed by atoms with Crippen LogP contribution in [-0.2, 0) is 0 Å². The Morgan fingerprint density at radius 2 is 2.25 bits per heavy atom. The number of carbonyl (C=O) groups is 1. The third-order valence-corrected chi connectivity index (χ3v) is 2.17. The molecule has 1 rings (SSSR count). The lowest BCUT2D eigenvalue weighted by Crippen LogP contribution is -2.26. The molecular weight excluding hydrogens is 204 g/mol. The number of hydrogen-bond donors (Lipinski definition) is 3. The van der Waals surface area contributed by atoms with E-state index < -0.39 is 0 Å². The molecule has 0 atom stereocenters. The number of hydrogen-bond acceptors (Lipinski definition) is 4. The van der Waals surface area contributed by atoms with Gasteiger partial charge in [0.05, 0.1) is 11.9 Å². The fraction of sp³-hybridized carbons (Fsp3) is 0.455. The van der Waals surface area contributed by atoms with Crippen LogP contribution in [0, 0.1) is 5.92 Å². The Bertz CT molecular complexity index is 334. The van der Waals surface area contributed by atoms with E-state index >= 15 is 0 Å². The van der Waals surface area contributed by atoms with Crippen LogP contribution in [0.15, 0.2) is 18.3 Å². The largest absolute Gasteiger partial charge is 0.351 e. The van der Waals surface area contributed by atoms with Gasteiger partial charge in [-0.05, 0) is 24.5 Å². The van der Waals surface area contributed by atoms with Gasteiger partial charge in [-0.15, -0.1) is 0 Å². The molecule has 4 N–H and O–H groups in total. The van der Waals surface area contributed by atoms with Gasteiger partial charge in [0, 0.05) is 6.54 Å². The molecule has 0 aliphatic rings. The van der Waals surface area contributed by atoms with Gasteiger partial charge in [-0.1, -0.05) is 13.8 Å². The molecule has 0 fully saturated rings. The molecule has 0 aliphatic heterocycles. The van der Waals surface area contributed by atoms with Gasteiger partial charge in [-0.2, -0.15) is 0 Å². The van der Waals surface area contributed by atoms with Crippen LogP contribution in [0.5, 0.6) is 0 Å². The first-order valence-electron chi connectivity index (χ1n) is 5.34. The molecule has 0 saturated heterocycles. The lowest BCUT2D eigenvalue weighted by Gasteiger charge is -2.07. The predicted molar refractivity (Wildman–Crippen MR) is 63.8 cm³/mol. The number of anilines is 1. The minimum absolute atomic E-state index is 0.149. The summed E-state index contributed by atoms with van der Waals surface area (Å²) < 4.78 is 0. The Morgan fingerprint density at radius 1 is 1.50 bits per heavy atom. The smallest absolute Gasteiger partial charge is 0.269 e. The third-order valence-electron chi connectivity index (χ3n) is 2.17. The summed E-state index contributed by atoms with van der Waals surface area (Å²) in [5.74, 6) is 5.63. The fourth-order valence-corrected chi connectivity index (χ4v) is 1.18. The highest BCUT2D eigenvalue weighted by molar-refractivity contribution is 5.92. The van der Waals surface area contributed by atoms with Gasteiger partial charge in [-0.3, -0.25) is 10.6 Å². The number of pyridine rings is 1. The van der Waals surface area contributed by atoms with Crippen molar-refractivity contribution >= 4 is 11.6 Å². The summed E-state index contributed by atoms with van der Waals surface area (Å²) in [5.41, 5.74) is 3.54. The molecule has 1 aromatic rings. The summed E-state index contributed by atoms with van der Waals surface area (Å²) in [6, 6.07) is 3.35. The zero-order valence-electron chi connectivity index (χ0n) is 9.66. The van der Waals surface area contributed by atoms with E-state index in [2.05, 4.69) is 29.6 Å². The molecule has 0 unspecified atom stereocenters. The van der Waals surface area contributed by atoms with Crippen molar-refractivity contribution in [3.8, 4) is 0 Å². The molecule has 5 nitrogen and oxygen atoms in total. The molecule has 88 valence electrons. The standard InChI is InChI=1S/C11H18N4O/c1-8(2)5-6-13-11(16)10-4-3-9(15-12)7-14-10/h3-4,7-8,15H,5-6,12H2,1-2H3,(H,13,16). The van der Waals surface area contributed by atoms with Crippen LogP contribution in [0.4, 0.5) is 5.69 Å². The molecular formula is C11H18N4O. The molecule has 0 aromatic carbocycles. The van der Waals surface area contributed by atoms with Gasteiger partial charge in [0.15, 0.2) is 0 Å². The van der Waals surface area contributed by atoms with Crippen LogP contribution in [0.25, 0.3) is 0 Å². The van der Waals surface area contributed by atoms with E-state index in [0.29, 0.717) is 23.8 Å². The van der Waals surface area contributed by atoms with Gasteiger partial charge >= 0.3 is 0 Å². The van der Waals surface area contributed by atoms with E-state index in [1.54, 1.807) is 12.1 Å². The highest BCUT2D eigenvalue weighted by Crippen LogP contribution is 2.04. The Labute approximate surface area is 95.4 Å². The molecule has 1 aromatic heterocycles. The first-order chi connectivity index (χ1) is 7.63. The summed E-state index contributed by atoms with van der Waals surface area (Å²) in [7, 11) is 0. The summed E-state index contributed by atoms with van der Waals surface area (Å²) in [6.07, 6.45) is 2.49. The van der Waals surface area contributed by atoms with E-state index in [4.69, 9.17) is 5.84 Å². The minimum Gasteiger partial charge on any atom is -0.351 e. The highest BCUT2D eigenvalue weighted by atomic mass is 16.1. The van der Waals surface area contributed by atoms with E-state index in [1.165, 1.54) is 6.20 Å². The van der Waals surface area contributed by atoms with Crippen LogP contribution >= 0.6 is 0 Å². The van der Waals surface area contributed by atoms with E-state index in [-0.39, 0.29) is 5.91 Å². The second-order valence-electron chi connectivity index (χ2n) is 4.01. The Kier molecular flexibility index (Phi) is 4.72. The lowest BCUT2D eigenvalue weighted by atomic mass is 10.1. The van der Waals surface area contributed by atoms with Crippen LogP contribution in [0.3, 0.4) is 0 Å². The third kappa shape index (κ3) is 3.86. The zero-order valence-corrected chi connectivity index (χ0v) is 9.66. The molecule has 0 radical (unpaired) electrons. The monoisotopic (exact) mass is 222 g/mol. The lowest BCUT2D eigenvalue weighted by molar-refractivity contribution is 0.0947. The number of nitrogens with two attached hydrogens (primary N) is 1. The fourth-order valence-electron chi connectivity index (χ4n) is 1.18. The maximum Gasteiger partial charge on any atom is 0.269 e. The maximum absolute atomic E-state index is 11.6. The highest BCUT2D eigenvalue weighted by Gasteiger charge is 2.06. The quantitative estimate of drug-likeness (QED) is 0.515. The van der Waals surface area contributed by atoms with E-state index in [9.17, 15) is 4.79 Å². The Balaban J connectivity index is 2.46. The Hall–Kier alpha value is -1.62. The Morgan fingerprint density at radius 3 is 2.75 bits per heavy atom. The second kappa shape index (κ2) is 6.07. The molecule has 0 saturated carbocycles. The topological polar surface area (TPSA) is 80.0 Å². The first kappa shape index (κ1) is 12.4. The summed E-state index contributed by atoms with van der Waals surface area (Å²) in [5, 5.41) is 2.81. The number of aromatic nitrogens is 1. The number of nitrogens with zero attached hydrogens (tertiary/aromatic N) is 1. The maximum atomic E-state index is 11.6. The van der Waals surface area contributed by atoms with Crippen molar-refractivity contribution in [3.05, 3.63) is 24.0 Å². The van der Waals surface area contributed by atoms with Gasteiger partial charge < -0.3 is 10.7 Å². The minimum atomic E-state index is -0.149. The van der Waals surface area contributed by atoms with Crippen molar-refractivity contribution in [2.24, 2.45) is 11.8 Å². The van der Waals surface area contributed by atoms with Gasteiger partial charge in [-0.25, -0.2) is 4.98 Å². The van der Waals surface area contributed by atoms with Crippen molar-refractivity contribution in [1.82, 2.24) is 10.3 Å². The van der Waals surface area contributed by atoms with Gasteiger partial charge in [0.25, 0.3) is 5.91 Å². The number of hydrazine groups is 1. The zero-order chi connectivity index (χ0) is 12.0. The van der Waals surface area contributed by atoms with Crippen LogP contribution in [0.1, 0.15) is 30.8 Å². The molecule has 1 heterocycles. The normalized spacial score (nSPS) is 10.2. The average Bonchev–Trinajstić information content (AvgIpc) is 2.28. The summed E-state index contributed by atoms with van der Waals surface area (Å²) in [6.45, 7) is 4.91. The second-order valence-corrected chi connectivity index (χ2v) is 4.01. The molecule has 16 heavy (non-hydrogen) atoms. The van der Waals surface area contributed by atoms with Crippen molar-refractivity contribution < 1.29 is 4.79 Å². The van der Waals surface area contributed by atoms with E-state index in [1.807, 2.05) is 0 Å². The molecule has 0 aliphatic carbocycles. The van der Waals surface area contributed by atoms with E-state index in [0.717, 1.165) is 6.42 Å². The van der Waals surface area contributed by atoms with Crippen molar-refractivity contribution in [1.29, 1.82) is 0 Å². The van der Waals surface area contributed by atoms with Crippen molar-refractivity contribution in [3.63, 3.8) is 0 Å². The van der Waals surface area contributed by atoms with Crippen LogP contribution in [0.2, 0.25) is 0 Å². The molecule has 0 spiro atoms. The summed E-state index contributed by atoms with van der Waals surface area (Å²) in [4.78, 5) is 15.6. The van der Waals surface area contributed by atoms with Gasteiger partial charge in [0.2, 0.25) is 0 Å². The SMILES string of the molecule is CC(C)CCNC(=O)c1ccc(NN)cn1. The number of nitrogens with one attached hydrogen (secondary N) is 2. The van der Waals surface area contributed by atoms with Gasteiger partial charge in [0.1, 0.15) is 5.69 Å². The molecule has 1 amide bonds.